The summed E-state index contributed by atoms with van der Waals surface area (Å²) in [5.74, 6) is -0.289. The molecule has 0 aliphatic rings. The molecule has 1 aromatic heterocycles. The number of carbonyl (C=O) groups is 2. The third kappa shape index (κ3) is 5.87. The number of ether oxygens (including phenoxy) is 1. The van der Waals surface area contributed by atoms with Crippen molar-refractivity contribution in [3.63, 3.8) is 0 Å². The van der Waals surface area contributed by atoms with Crippen LogP contribution in [-0.4, -0.2) is 37.0 Å². The van der Waals surface area contributed by atoms with Crippen LogP contribution in [0.25, 0.3) is 5.69 Å². The van der Waals surface area contributed by atoms with E-state index in [1.165, 1.54) is 23.9 Å². The van der Waals surface area contributed by atoms with Gasteiger partial charge in [-0.15, -0.1) is 10.2 Å². The molecule has 0 saturated heterocycles. The minimum atomic E-state index is -1.06. The number of carbonyl (C=O) groups excluding carboxylic acids is 1. The second-order valence-corrected chi connectivity index (χ2v) is 9.55. The molecular formula is C26H23ClN4O4S. The van der Waals surface area contributed by atoms with Crippen molar-refractivity contribution in [2.24, 2.45) is 0 Å². The molecule has 1 amide bonds. The molecule has 0 aliphatic heterocycles. The lowest BCUT2D eigenvalue weighted by Crippen LogP contribution is -2.23. The first-order valence-electron chi connectivity index (χ1n) is 11.1. The molecule has 0 fully saturated rings. The second kappa shape index (κ2) is 11.3. The largest absolute Gasteiger partial charge is 0.481 e. The van der Waals surface area contributed by atoms with Crippen LogP contribution in [0.5, 0.6) is 5.75 Å². The predicted molar refractivity (Wildman–Crippen MR) is 139 cm³/mol. The Morgan fingerprint density at radius 1 is 1.00 bits per heavy atom. The molecule has 1 heterocycles. The number of aromatic nitrogens is 3. The molecule has 0 aliphatic carbocycles. The lowest BCUT2D eigenvalue weighted by molar-refractivity contribution is -0.115. The van der Waals surface area contributed by atoms with Gasteiger partial charge in [0.15, 0.2) is 17.1 Å². The van der Waals surface area contributed by atoms with E-state index < -0.39 is 17.3 Å². The number of carboxylic acid groups (broad SMARTS) is 1. The van der Waals surface area contributed by atoms with Gasteiger partial charge in [0.05, 0.1) is 15.8 Å². The van der Waals surface area contributed by atoms with Gasteiger partial charge in [-0.05, 0) is 56.3 Å². The molecule has 3 aromatic carbocycles. The third-order valence-corrected chi connectivity index (χ3v) is 6.56. The molecule has 2 N–H and O–H groups in total. The van der Waals surface area contributed by atoms with Crippen LogP contribution >= 0.6 is 23.4 Å². The first-order valence-corrected chi connectivity index (χ1v) is 12.3. The van der Waals surface area contributed by atoms with Crippen LogP contribution in [0.1, 0.15) is 36.1 Å². The molecule has 8 nitrogen and oxygen atoms in total. The van der Waals surface area contributed by atoms with E-state index in [0.717, 1.165) is 5.69 Å². The molecule has 0 radical (unpaired) electrons. The number of benzene rings is 3. The predicted octanol–water partition coefficient (Wildman–Crippen LogP) is 5.88. The Bertz CT molecular complexity index is 1380. The Hall–Kier alpha value is -3.82. The maximum atomic E-state index is 12.9. The van der Waals surface area contributed by atoms with E-state index in [-0.39, 0.29) is 11.5 Å². The van der Waals surface area contributed by atoms with Crippen molar-refractivity contribution in [2.45, 2.75) is 30.4 Å². The zero-order valence-corrected chi connectivity index (χ0v) is 21.0. The van der Waals surface area contributed by atoms with Gasteiger partial charge in [0, 0.05) is 11.4 Å². The van der Waals surface area contributed by atoms with E-state index in [2.05, 4.69) is 15.5 Å². The van der Waals surface area contributed by atoms with Crippen molar-refractivity contribution in [1.82, 2.24) is 14.8 Å². The molecular weight excluding hydrogens is 500 g/mol. The number of para-hydroxylation sites is 2. The highest BCUT2D eigenvalue weighted by atomic mass is 35.5. The van der Waals surface area contributed by atoms with Gasteiger partial charge in [-0.25, -0.2) is 4.79 Å². The Morgan fingerprint density at radius 2 is 1.72 bits per heavy atom. The van der Waals surface area contributed by atoms with Crippen LogP contribution in [-0.2, 0) is 4.79 Å². The quantitative estimate of drug-likeness (QED) is 0.264. The summed E-state index contributed by atoms with van der Waals surface area (Å²) >= 11 is 7.50. The van der Waals surface area contributed by atoms with Gasteiger partial charge in [-0.3, -0.25) is 9.36 Å². The number of anilines is 1. The lowest BCUT2D eigenvalue weighted by Gasteiger charge is -2.18. The van der Waals surface area contributed by atoms with Crippen molar-refractivity contribution in [3.8, 4) is 11.4 Å². The minimum Gasteiger partial charge on any atom is -0.481 e. The van der Waals surface area contributed by atoms with E-state index in [1.54, 1.807) is 31.2 Å². The molecule has 0 saturated carbocycles. The number of hydrogen-bond acceptors (Lipinski definition) is 6. The standard InChI is InChI=1S/C26H23ClN4O4S/c1-16(35-22-14-7-6-13-21(22)27)23-29-30-26(31(23)20-11-4-3-5-12-20)36-17(2)24(32)28-19-10-8-9-18(15-19)25(33)34/h3-17H,1-2H3,(H,28,32)(H,33,34). The molecule has 0 spiro atoms. The number of aromatic carboxylic acids is 1. The van der Waals surface area contributed by atoms with Gasteiger partial charge < -0.3 is 15.2 Å². The molecule has 10 heteroatoms. The molecule has 4 aromatic rings. The average Bonchev–Trinajstić information content (AvgIpc) is 3.29. The van der Waals surface area contributed by atoms with Gasteiger partial charge in [-0.1, -0.05) is 59.8 Å². The van der Waals surface area contributed by atoms with Crippen LogP contribution in [0.4, 0.5) is 5.69 Å². The Balaban J connectivity index is 1.58. The number of thioether (sulfide) groups is 1. The zero-order chi connectivity index (χ0) is 25.7. The number of nitrogens with one attached hydrogen (secondary N) is 1. The summed E-state index contributed by atoms with van der Waals surface area (Å²) in [5.41, 5.74) is 1.31. The van der Waals surface area contributed by atoms with Crippen LogP contribution in [0.2, 0.25) is 5.02 Å². The first kappa shape index (κ1) is 25.3. The van der Waals surface area contributed by atoms with Gasteiger partial charge in [-0.2, -0.15) is 0 Å². The van der Waals surface area contributed by atoms with E-state index in [4.69, 9.17) is 16.3 Å². The van der Waals surface area contributed by atoms with Crippen LogP contribution in [0, 0.1) is 0 Å². The van der Waals surface area contributed by atoms with E-state index in [0.29, 0.717) is 27.4 Å². The number of carboxylic acids is 1. The van der Waals surface area contributed by atoms with Crippen molar-refractivity contribution < 1.29 is 19.4 Å². The Kier molecular flexibility index (Phi) is 7.92. The highest BCUT2D eigenvalue weighted by Gasteiger charge is 2.25. The highest BCUT2D eigenvalue weighted by Crippen LogP contribution is 2.32. The van der Waals surface area contributed by atoms with E-state index in [9.17, 15) is 14.7 Å². The second-order valence-electron chi connectivity index (χ2n) is 7.84. The zero-order valence-electron chi connectivity index (χ0n) is 19.5. The van der Waals surface area contributed by atoms with Crippen LogP contribution < -0.4 is 10.1 Å². The molecule has 2 unspecified atom stereocenters. The van der Waals surface area contributed by atoms with E-state index >= 15 is 0 Å². The highest BCUT2D eigenvalue weighted by molar-refractivity contribution is 8.00. The molecule has 36 heavy (non-hydrogen) atoms. The summed E-state index contributed by atoms with van der Waals surface area (Å²) in [5, 5.41) is 21.1. The van der Waals surface area contributed by atoms with Crippen LogP contribution in [0.3, 0.4) is 0 Å². The van der Waals surface area contributed by atoms with Gasteiger partial charge in [0.25, 0.3) is 0 Å². The van der Waals surface area contributed by atoms with E-state index in [1.807, 2.05) is 54.0 Å². The topological polar surface area (TPSA) is 106 Å². The molecule has 184 valence electrons. The van der Waals surface area contributed by atoms with Crippen molar-refractivity contribution in [2.75, 3.05) is 5.32 Å². The first-order chi connectivity index (χ1) is 17.3. The van der Waals surface area contributed by atoms with Gasteiger partial charge in [0.1, 0.15) is 5.75 Å². The van der Waals surface area contributed by atoms with Crippen molar-refractivity contribution in [3.05, 3.63) is 95.3 Å². The van der Waals surface area contributed by atoms with Crippen molar-refractivity contribution in [1.29, 1.82) is 0 Å². The minimum absolute atomic E-state index is 0.0917. The monoisotopic (exact) mass is 522 g/mol. The molecule has 4 rings (SSSR count). The summed E-state index contributed by atoms with van der Waals surface area (Å²) in [6.07, 6.45) is -0.491. The maximum Gasteiger partial charge on any atom is 0.335 e. The smallest absolute Gasteiger partial charge is 0.335 e. The van der Waals surface area contributed by atoms with Crippen molar-refractivity contribution >= 4 is 40.9 Å². The fourth-order valence-corrected chi connectivity index (χ4v) is 4.46. The Morgan fingerprint density at radius 3 is 2.44 bits per heavy atom. The van der Waals surface area contributed by atoms with Gasteiger partial charge in [0.2, 0.25) is 5.91 Å². The average molecular weight is 523 g/mol. The number of nitrogens with zero attached hydrogens (tertiary/aromatic N) is 3. The number of rotatable bonds is 9. The number of hydrogen-bond donors (Lipinski definition) is 2. The normalized spacial score (nSPS) is 12.5. The SMILES string of the molecule is CC(Sc1nnc(C(C)Oc2ccccc2Cl)n1-c1ccccc1)C(=O)Nc1cccc(C(=O)O)c1. The lowest BCUT2D eigenvalue weighted by atomic mass is 10.2. The number of halogens is 1. The van der Waals surface area contributed by atoms with Gasteiger partial charge >= 0.3 is 5.97 Å². The summed E-state index contributed by atoms with van der Waals surface area (Å²) in [4.78, 5) is 24.1. The fraction of sp³-hybridized carbons (Fsp3) is 0.154. The summed E-state index contributed by atoms with van der Waals surface area (Å²) in [6, 6.07) is 22.8. The number of amides is 1. The summed E-state index contributed by atoms with van der Waals surface area (Å²) in [7, 11) is 0. The summed E-state index contributed by atoms with van der Waals surface area (Å²) in [6.45, 7) is 3.60. The third-order valence-electron chi connectivity index (χ3n) is 5.21. The maximum absolute atomic E-state index is 12.9. The fourth-order valence-electron chi connectivity index (χ4n) is 3.41. The Labute approximate surface area is 217 Å². The van der Waals surface area contributed by atoms with Crippen LogP contribution in [0.15, 0.2) is 84.0 Å². The molecule has 2 atom stereocenters. The molecule has 0 bridgehead atoms. The summed E-state index contributed by atoms with van der Waals surface area (Å²) < 4.78 is 7.93.